The maximum absolute atomic E-state index is 9.04. The SMILES string of the molecule is Cc1cccc(Nc2nsnc2Cl)c1C#N. The largest absolute Gasteiger partial charge is 0.336 e. The topological polar surface area (TPSA) is 61.6 Å². The van der Waals surface area contributed by atoms with Crippen molar-refractivity contribution in [2.75, 3.05) is 5.32 Å². The number of nitrogens with zero attached hydrogens (tertiary/aromatic N) is 3. The minimum absolute atomic E-state index is 0.315. The fourth-order valence-electron chi connectivity index (χ4n) is 1.30. The zero-order valence-electron chi connectivity index (χ0n) is 8.36. The summed E-state index contributed by atoms with van der Waals surface area (Å²) in [7, 11) is 0. The molecule has 0 aliphatic heterocycles. The van der Waals surface area contributed by atoms with Gasteiger partial charge in [0.25, 0.3) is 0 Å². The van der Waals surface area contributed by atoms with Crippen molar-refractivity contribution in [1.29, 1.82) is 5.26 Å². The standard InChI is InChI=1S/C10H7ClN4S/c1-6-3-2-4-8(7(6)5-12)13-10-9(11)14-16-15-10/h2-4H,1H3,(H,13,15). The van der Waals surface area contributed by atoms with Crippen LogP contribution in [0.3, 0.4) is 0 Å². The number of benzene rings is 1. The quantitative estimate of drug-likeness (QED) is 0.890. The Hall–Kier alpha value is -1.64. The van der Waals surface area contributed by atoms with Crippen LogP contribution in [0.2, 0.25) is 5.15 Å². The van der Waals surface area contributed by atoms with Gasteiger partial charge in [0, 0.05) is 0 Å². The molecule has 0 bridgehead atoms. The van der Waals surface area contributed by atoms with Crippen LogP contribution in [0.15, 0.2) is 18.2 Å². The van der Waals surface area contributed by atoms with Crippen LogP contribution in [0.4, 0.5) is 11.5 Å². The third-order valence-electron chi connectivity index (χ3n) is 2.09. The molecule has 80 valence electrons. The van der Waals surface area contributed by atoms with Gasteiger partial charge in [0.2, 0.25) is 0 Å². The number of aromatic nitrogens is 2. The first kappa shape index (κ1) is 10.9. The number of anilines is 2. The van der Waals surface area contributed by atoms with Crippen LogP contribution in [-0.2, 0) is 0 Å². The van der Waals surface area contributed by atoms with Crippen LogP contribution >= 0.6 is 23.3 Å². The lowest BCUT2D eigenvalue weighted by atomic mass is 10.1. The molecule has 1 aromatic carbocycles. The highest BCUT2D eigenvalue weighted by molar-refractivity contribution is 6.99. The number of hydrogen-bond donors (Lipinski definition) is 1. The molecule has 0 atom stereocenters. The fraction of sp³-hybridized carbons (Fsp3) is 0.100. The molecule has 1 aromatic heterocycles. The average Bonchev–Trinajstić information content (AvgIpc) is 2.65. The number of halogens is 1. The minimum atomic E-state index is 0.315. The lowest BCUT2D eigenvalue weighted by molar-refractivity contribution is 1.36. The molecule has 0 radical (unpaired) electrons. The summed E-state index contributed by atoms with van der Waals surface area (Å²) in [5.74, 6) is 0.480. The van der Waals surface area contributed by atoms with Gasteiger partial charge < -0.3 is 5.32 Å². The number of aryl methyl sites for hydroxylation is 1. The van der Waals surface area contributed by atoms with Crippen LogP contribution in [0, 0.1) is 18.3 Å². The Kier molecular flexibility index (Phi) is 3.04. The van der Waals surface area contributed by atoms with Crippen LogP contribution in [0.5, 0.6) is 0 Å². The molecule has 1 N–H and O–H groups in total. The van der Waals surface area contributed by atoms with Crippen molar-refractivity contribution in [2.24, 2.45) is 0 Å². The van der Waals surface area contributed by atoms with Gasteiger partial charge in [0.05, 0.1) is 23.0 Å². The van der Waals surface area contributed by atoms with E-state index in [0.29, 0.717) is 22.2 Å². The molecule has 2 rings (SSSR count). The van der Waals surface area contributed by atoms with E-state index in [4.69, 9.17) is 16.9 Å². The van der Waals surface area contributed by atoms with Gasteiger partial charge in [-0.25, -0.2) is 0 Å². The summed E-state index contributed by atoms with van der Waals surface area (Å²) < 4.78 is 7.84. The normalized spacial score (nSPS) is 9.81. The van der Waals surface area contributed by atoms with E-state index in [1.165, 1.54) is 0 Å². The van der Waals surface area contributed by atoms with Crippen molar-refractivity contribution >= 4 is 34.8 Å². The fourth-order valence-corrected chi connectivity index (χ4v) is 1.95. The van der Waals surface area contributed by atoms with Gasteiger partial charge >= 0.3 is 0 Å². The van der Waals surface area contributed by atoms with E-state index in [9.17, 15) is 0 Å². The number of nitrogens with one attached hydrogen (secondary N) is 1. The summed E-state index contributed by atoms with van der Waals surface area (Å²) in [6.07, 6.45) is 0. The predicted molar refractivity (Wildman–Crippen MR) is 64.1 cm³/mol. The van der Waals surface area contributed by atoms with Gasteiger partial charge in [0.15, 0.2) is 11.0 Å². The second-order valence-corrected chi connectivity index (χ2v) is 4.02. The van der Waals surface area contributed by atoms with Gasteiger partial charge in [-0.15, -0.1) is 0 Å². The number of hydrogen-bond acceptors (Lipinski definition) is 5. The molecule has 6 heteroatoms. The molecule has 0 unspecified atom stereocenters. The van der Waals surface area contributed by atoms with E-state index in [0.717, 1.165) is 17.3 Å². The molecule has 4 nitrogen and oxygen atoms in total. The monoisotopic (exact) mass is 250 g/mol. The zero-order valence-corrected chi connectivity index (χ0v) is 9.93. The smallest absolute Gasteiger partial charge is 0.187 e. The molecule has 16 heavy (non-hydrogen) atoms. The second-order valence-electron chi connectivity index (χ2n) is 3.14. The van der Waals surface area contributed by atoms with Crippen molar-refractivity contribution in [2.45, 2.75) is 6.92 Å². The summed E-state index contributed by atoms with van der Waals surface area (Å²) in [5, 5.41) is 12.4. The minimum Gasteiger partial charge on any atom is -0.336 e. The molecule has 0 saturated carbocycles. The number of rotatable bonds is 2. The Labute approximate surface area is 102 Å². The summed E-state index contributed by atoms with van der Waals surface area (Å²) in [4.78, 5) is 0. The summed E-state index contributed by atoms with van der Waals surface area (Å²) >= 11 is 6.84. The first-order valence-corrected chi connectivity index (χ1v) is 5.58. The third kappa shape index (κ3) is 1.98. The van der Waals surface area contributed by atoms with Gasteiger partial charge in [-0.3, -0.25) is 0 Å². The summed E-state index contributed by atoms with van der Waals surface area (Å²) in [6.45, 7) is 1.88. The maximum atomic E-state index is 9.04. The van der Waals surface area contributed by atoms with Crippen molar-refractivity contribution in [3.63, 3.8) is 0 Å². The highest BCUT2D eigenvalue weighted by Gasteiger charge is 2.09. The van der Waals surface area contributed by atoms with Gasteiger partial charge in [-0.1, -0.05) is 23.7 Å². The molecule has 1 heterocycles. The Bertz CT molecular complexity index is 558. The highest BCUT2D eigenvalue weighted by Crippen LogP contribution is 2.26. The Balaban J connectivity index is 2.40. The molecule has 0 spiro atoms. The molecule has 0 amide bonds. The summed E-state index contributed by atoms with van der Waals surface area (Å²) in [5.41, 5.74) is 2.19. The molecule has 0 saturated heterocycles. The lowest BCUT2D eigenvalue weighted by Crippen LogP contribution is -1.96. The first-order chi connectivity index (χ1) is 7.72. The molecule has 0 aliphatic carbocycles. The van der Waals surface area contributed by atoms with Crippen molar-refractivity contribution in [3.8, 4) is 6.07 Å². The highest BCUT2D eigenvalue weighted by atomic mass is 35.5. The van der Waals surface area contributed by atoms with E-state index in [-0.39, 0.29) is 0 Å². The lowest BCUT2D eigenvalue weighted by Gasteiger charge is -2.06. The molecule has 0 aliphatic rings. The zero-order chi connectivity index (χ0) is 11.5. The summed E-state index contributed by atoms with van der Waals surface area (Å²) in [6, 6.07) is 7.70. The van der Waals surface area contributed by atoms with E-state index in [1.54, 1.807) is 6.07 Å². The molecular weight excluding hydrogens is 244 g/mol. The van der Waals surface area contributed by atoms with E-state index < -0.39 is 0 Å². The maximum Gasteiger partial charge on any atom is 0.187 e. The van der Waals surface area contributed by atoms with Crippen molar-refractivity contribution in [1.82, 2.24) is 8.75 Å². The van der Waals surface area contributed by atoms with E-state index >= 15 is 0 Å². The van der Waals surface area contributed by atoms with Gasteiger partial charge in [0.1, 0.15) is 6.07 Å². The van der Waals surface area contributed by atoms with E-state index in [1.807, 2.05) is 19.1 Å². The van der Waals surface area contributed by atoms with Gasteiger partial charge in [-0.2, -0.15) is 14.0 Å². The van der Waals surface area contributed by atoms with Gasteiger partial charge in [-0.05, 0) is 18.6 Å². The predicted octanol–water partition coefficient (Wildman–Crippen LogP) is 3.12. The van der Waals surface area contributed by atoms with Crippen LogP contribution in [0.1, 0.15) is 11.1 Å². The van der Waals surface area contributed by atoms with E-state index in [2.05, 4.69) is 20.1 Å². The van der Waals surface area contributed by atoms with Crippen molar-refractivity contribution < 1.29 is 0 Å². The second kappa shape index (κ2) is 4.47. The molecule has 0 fully saturated rings. The third-order valence-corrected chi connectivity index (χ3v) is 2.98. The molecular formula is C10H7ClN4S. The first-order valence-electron chi connectivity index (χ1n) is 4.47. The Morgan fingerprint density at radius 1 is 1.44 bits per heavy atom. The van der Waals surface area contributed by atoms with Crippen LogP contribution in [0.25, 0.3) is 0 Å². The molecule has 2 aromatic rings. The Morgan fingerprint density at radius 2 is 2.25 bits per heavy atom. The van der Waals surface area contributed by atoms with Crippen molar-refractivity contribution in [3.05, 3.63) is 34.5 Å². The van der Waals surface area contributed by atoms with Crippen LogP contribution < -0.4 is 5.32 Å². The number of nitriles is 1. The van der Waals surface area contributed by atoms with Crippen LogP contribution in [-0.4, -0.2) is 8.75 Å². The average molecular weight is 251 g/mol. The Morgan fingerprint density at radius 3 is 2.88 bits per heavy atom.